The van der Waals surface area contributed by atoms with Crippen LogP contribution in [-0.2, 0) is 0 Å². The highest BCUT2D eigenvalue weighted by atomic mass is 19.1. The summed E-state index contributed by atoms with van der Waals surface area (Å²) in [6.45, 7) is 1.17. The van der Waals surface area contributed by atoms with Gasteiger partial charge in [0.1, 0.15) is 5.82 Å². The minimum absolute atomic E-state index is 0.0277. The van der Waals surface area contributed by atoms with Gasteiger partial charge in [-0.3, -0.25) is 4.98 Å². The maximum atomic E-state index is 13.1. The Morgan fingerprint density at radius 1 is 1.26 bits per heavy atom. The van der Waals surface area contributed by atoms with Gasteiger partial charge in [-0.25, -0.2) is 9.18 Å². The van der Waals surface area contributed by atoms with Crippen LogP contribution in [0.25, 0.3) is 11.4 Å². The van der Waals surface area contributed by atoms with Crippen molar-refractivity contribution in [2.75, 3.05) is 18.4 Å². The first kappa shape index (κ1) is 17.1. The summed E-state index contributed by atoms with van der Waals surface area (Å²) in [5.74, 6) is 0.570. The normalized spacial score (nSPS) is 16.9. The number of anilines is 1. The number of nitrogens with one attached hydrogen (secondary N) is 1. The summed E-state index contributed by atoms with van der Waals surface area (Å²) >= 11 is 0. The lowest BCUT2D eigenvalue weighted by molar-refractivity contribution is 0.184. The highest BCUT2D eigenvalue weighted by Gasteiger charge is 2.28. The number of carbonyl (C=O) groups excluding carboxylic acids is 1. The number of aromatic nitrogens is 3. The van der Waals surface area contributed by atoms with E-state index in [4.69, 9.17) is 4.52 Å². The predicted octanol–water partition coefficient (Wildman–Crippen LogP) is 3.68. The molecule has 7 nitrogen and oxygen atoms in total. The Morgan fingerprint density at radius 3 is 2.89 bits per heavy atom. The van der Waals surface area contributed by atoms with Crippen molar-refractivity contribution in [2.24, 2.45) is 0 Å². The standard InChI is InChI=1S/C19H18FN5O2/c20-15-7-5-13(6-8-15)17-23-18(27-24-17)14-3-2-10-25(12-14)19(26)22-16-4-1-9-21-11-16/h1,4-9,11,14H,2-3,10,12H2,(H,22,26)/t14-/m0/s1. The first-order valence-corrected chi connectivity index (χ1v) is 8.74. The van der Waals surface area contributed by atoms with Crippen LogP contribution in [0, 0.1) is 5.82 Å². The lowest BCUT2D eigenvalue weighted by atomic mass is 9.98. The first-order chi connectivity index (χ1) is 13.2. The zero-order chi connectivity index (χ0) is 18.6. The number of urea groups is 1. The number of pyridine rings is 1. The van der Waals surface area contributed by atoms with E-state index in [9.17, 15) is 9.18 Å². The van der Waals surface area contributed by atoms with Crippen molar-refractivity contribution in [3.8, 4) is 11.4 Å². The van der Waals surface area contributed by atoms with E-state index < -0.39 is 0 Å². The van der Waals surface area contributed by atoms with Crippen molar-refractivity contribution in [3.05, 3.63) is 60.5 Å². The van der Waals surface area contributed by atoms with E-state index in [0.29, 0.717) is 36.1 Å². The monoisotopic (exact) mass is 367 g/mol. The average molecular weight is 367 g/mol. The fourth-order valence-corrected chi connectivity index (χ4v) is 3.12. The molecule has 2 aromatic heterocycles. The highest BCUT2D eigenvalue weighted by Crippen LogP contribution is 2.28. The Hall–Kier alpha value is -3.29. The molecule has 1 atom stereocenters. The second kappa shape index (κ2) is 7.53. The van der Waals surface area contributed by atoms with Gasteiger partial charge in [0.25, 0.3) is 0 Å². The minimum atomic E-state index is -0.315. The minimum Gasteiger partial charge on any atom is -0.339 e. The van der Waals surface area contributed by atoms with Gasteiger partial charge in [-0.15, -0.1) is 0 Å². The Balaban J connectivity index is 1.44. The van der Waals surface area contributed by atoms with Gasteiger partial charge in [-0.05, 0) is 49.2 Å². The summed E-state index contributed by atoms with van der Waals surface area (Å²) in [6.07, 6.45) is 4.97. The van der Waals surface area contributed by atoms with E-state index in [-0.39, 0.29) is 17.8 Å². The molecular weight excluding hydrogens is 349 g/mol. The molecular formula is C19H18FN5O2. The van der Waals surface area contributed by atoms with Crippen LogP contribution in [0.15, 0.2) is 53.3 Å². The highest BCUT2D eigenvalue weighted by molar-refractivity contribution is 5.89. The molecule has 3 aromatic rings. The molecule has 27 heavy (non-hydrogen) atoms. The largest absolute Gasteiger partial charge is 0.339 e. The zero-order valence-corrected chi connectivity index (χ0v) is 14.5. The van der Waals surface area contributed by atoms with Crippen molar-refractivity contribution in [3.63, 3.8) is 0 Å². The third kappa shape index (κ3) is 3.94. The van der Waals surface area contributed by atoms with Crippen molar-refractivity contribution in [1.29, 1.82) is 0 Å². The van der Waals surface area contributed by atoms with Gasteiger partial charge in [0.15, 0.2) is 0 Å². The molecule has 1 aromatic carbocycles. The van der Waals surface area contributed by atoms with E-state index in [1.165, 1.54) is 12.1 Å². The number of amides is 2. The number of likely N-dealkylation sites (tertiary alicyclic amines) is 1. The summed E-state index contributed by atoms with van der Waals surface area (Å²) in [6, 6.07) is 9.32. The number of rotatable bonds is 3. The topological polar surface area (TPSA) is 84.2 Å². The number of piperidine rings is 1. The summed E-state index contributed by atoms with van der Waals surface area (Å²) in [4.78, 5) is 22.7. The average Bonchev–Trinajstić information content (AvgIpc) is 3.20. The molecule has 1 fully saturated rings. The number of nitrogens with zero attached hydrogens (tertiary/aromatic N) is 4. The van der Waals surface area contributed by atoms with E-state index in [2.05, 4.69) is 20.4 Å². The van der Waals surface area contributed by atoms with Gasteiger partial charge in [0.05, 0.1) is 17.8 Å². The molecule has 0 radical (unpaired) electrons. The van der Waals surface area contributed by atoms with Crippen molar-refractivity contribution >= 4 is 11.7 Å². The van der Waals surface area contributed by atoms with Crippen molar-refractivity contribution in [2.45, 2.75) is 18.8 Å². The van der Waals surface area contributed by atoms with Gasteiger partial charge in [0.2, 0.25) is 11.7 Å². The van der Waals surface area contributed by atoms with E-state index >= 15 is 0 Å². The maximum absolute atomic E-state index is 13.1. The third-order valence-electron chi connectivity index (χ3n) is 4.51. The quantitative estimate of drug-likeness (QED) is 0.763. The smallest absolute Gasteiger partial charge is 0.321 e. The number of hydrogen-bond acceptors (Lipinski definition) is 5. The van der Waals surface area contributed by atoms with E-state index in [0.717, 1.165) is 12.8 Å². The Labute approximate surface area is 155 Å². The molecule has 2 amide bonds. The lowest BCUT2D eigenvalue weighted by Crippen LogP contribution is -2.41. The maximum Gasteiger partial charge on any atom is 0.321 e. The molecule has 1 N–H and O–H groups in total. The summed E-state index contributed by atoms with van der Waals surface area (Å²) in [5.41, 5.74) is 1.34. The number of hydrogen-bond donors (Lipinski definition) is 1. The SMILES string of the molecule is O=C(Nc1cccnc1)N1CCC[C@H](c2nc(-c3ccc(F)cc3)no2)C1. The predicted molar refractivity (Wildman–Crippen MR) is 96.5 cm³/mol. The zero-order valence-electron chi connectivity index (χ0n) is 14.5. The Bertz CT molecular complexity index is 913. The van der Waals surface area contributed by atoms with E-state index in [1.54, 1.807) is 41.6 Å². The van der Waals surface area contributed by atoms with Crippen LogP contribution in [0.2, 0.25) is 0 Å². The Kier molecular flexibility index (Phi) is 4.78. The van der Waals surface area contributed by atoms with Crippen molar-refractivity contribution < 1.29 is 13.7 Å². The first-order valence-electron chi connectivity index (χ1n) is 8.74. The summed E-state index contributed by atoms with van der Waals surface area (Å²) < 4.78 is 18.5. The number of carbonyl (C=O) groups is 1. The fraction of sp³-hybridized carbons (Fsp3) is 0.263. The molecule has 1 aliphatic rings. The lowest BCUT2D eigenvalue weighted by Gasteiger charge is -2.31. The molecule has 1 saturated heterocycles. The molecule has 0 bridgehead atoms. The van der Waals surface area contributed by atoms with Crippen LogP contribution in [0.5, 0.6) is 0 Å². The number of halogens is 1. The number of benzene rings is 1. The molecule has 8 heteroatoms. The molecule has 4 rings (SSSR count). The fourth-order valence-electron chi connectivity index (χ4n) is 3.12. The van der Waals surface area contributed by atoms with Gasteiger partial charge in [0, 0.05) is 24.8 Å². The van der Waals surface area contributed by atoms with Gasteiger partial charge in [-0.1, -0.05) is 5.16 Å². The van der Waals surface area contributed by atoms with Crippen molar-refractivity contribution in [1.82, 2.24) is 20.0 Å². The van der Waals surface area contributed by atoms with Gasteiger partial charge < -0.3 is 14.7 Å². The molecule has 0 aliphatic carbocycles. The van der Waals surface area contributed by atoms with Crippen LogP contribution < -0.4 is 5.32 Å². The van der Waals surface area contributed by atoms with E-state index in [1.807, 2.05) is 0 Å². The molecule has 0 unspecified atom stereocenters. The second-order valence-electron chi connectivity index (χ2n) is 6.42. The molecule has 0 saturated carbocycles. The van der Waals surface area contributed by atoms with Crippen LogP contribution in [0.1, 0.15) is 24.7 Å². The van der Waals surface area contributed by atoms with Crippen LogP contribution >= 0.6 is 0 Å². The second-order valence-corrected chi connectivity index (χ2v) is 6.42. The molecule has 3 heterocycles. The van der Waals surface area contributed by atoms with Crippen LogP contribution in [-0.4, -0.2) is 39.1 Å². The third-order valence-corrected chi connectivity index (χ3v) is 4.51. The van der Waals surface area contributed by atoms with Gasteiger partial charge in [-0.2, -0.15) is 4.98 Å². The summed E-state index contributed by atoms with van der Waals surface area (Å²) in [7, 11) is 0. The Morgan fingerprint density at radius 2 is 2.11 bits per heavy atom. The van der Waals surface area contributed by atoms with Crippen LogP contribution in [0.4, 0.5) is 14.9 Å². The molecule has 138 valence electrons. The molecule has 0 spiro atoms. The van der Waals surface area contributed by atoms with Crippen LogP contribution in [0.3, 0.4) is 0 Å². The summed E-state index contributed by atoms with van der Waals surface area (Å²) in [5, 5.41) is 6.84. The van der Waals surface area contributed by atoms with Gasteiger partial charge >= 0.3 is 6.03 Å². The molecule has 1 aliphatic heterocycles.